The second-order valence-corrected chi connectivity index (χ2v) is 7.50. The van der Waals surface area contributed by atoms with Crippen LogP contribution in [0.3, 0.4) is 0 Å². The van der Waals surface area contributed by atoms with Gasteiger partial charge in [-0.2, -0.15) is 26.3 Å². The maximum atomic E-state index is 13.6. The van der Waals surface area contributed by atoms with Gasteiger partial charge in [-0.05, 0) is 47.5 Å². The fraction of sp³-hybridized carbons (Fsp3) is 0.235. The molecule has 2 aromatic rings. The smallest absolute Gasteiger partial charge is 0.298 e. The minimum absolute atomic E-state index is 0.265. The van der Waals surface area contributed by atoms with E-state index in [4.69, 9.17) is 46.4 Å². The summed E-state index contributed by atoms with van der Waals surface area (Å²) in [6.07, 6.45) is -10.7. The van der Waals surface area contributed by atoms with E-state index in [2.05, 4.69) is 0 Å². The summed E-state index contributed by atoms with van der Waals surface area (Å²) in [7, 11) is 0. The van der Waals surface area contributed by atoms with Crippen LogP contribution in [0.5, 0.6) is 0 Å². The van der Waals surface area contributed by atoms with Gasteiger partial charge in [-0.1, -0.05) is 46.4 Å². The summed E-state index contributed by atoms with van der Waals surface area (Å²) in [5, 5.41) is -1.06. The van der Waals surface area contributed by atoms with Crippen molar-refractivity contribution in [3.8, 4) is 0 Å². The second kappa shape index (κ2) is 8.30. The van der Waals surface area contributed by atoms with Gasteiger partial charge < -0.3 is 0 Å². The van der Waals surface area contributed by atoms with Crippen molar-refractivity contribution in [2.75, 3.05) is 0 Å². The molecule has 0 fully saturated rings. The zero-order valence-corrected chi connectivity index (χ0v) is 16.3. The maximum absolute atomic E-state index is 13.6. The zero-order chi connectivity index (χ0) is 21.4. The van der Waals surface area contributed by atoms with Crippen LogP contribution in [0.2, 0.25) is 20.1 Å². The van der Waals surface area contributed by atoms with Crippen molar-refractivity contribution in [3.05, 3.63) is 67.6 Å². The molecule has 0 saturated carbocycles. The largest absolute Gasteiger partial charge is 0.402 e. The predicted octanol–water partition coefficient (Wildman–Crippen LogP) is 7.86. The van der Waals surface area contributed by atoms with Crippen LogP contribution < -0.4 is 0 Å². The summed E-state index contributed by atoms with van der Waals surface area (Å²) in [5.74, 6) is -8.39. The first-order chi connectivity index (χ1) is 12.7. The highest BCUT2D eigenvalue weighted by atomic mass is 35.5. The summed E-state index contributed by atoms with van der Waals surface area (Å²) >= 11 is 22.6. The number of Topliss-reactive ketones (excluding diaryl/α,β-unsaturated/α-hetero) is 1. The molecule has 0 amide bonds. The Balaban J connectivity index is 2.67. The van der Waals surface area contributed by atoms with E-state index in [0.717, 1.165) is 36.4 Å². The Morgan fingerprint density at radius 3 is 1.07 bits per heavy atom. The fourth-order valence-electron chi connectivity index (χ4n) is 2.68. The lowest BCUT2D eigenvalue weighted by atomic mass is 9.82. The topological polar surface area (TPSA) is 17.1 Å². The lowest BCUT2D eigenvalue weighted by molar-refractivity contribution is -0.183. The van der Waals surface area contributed by atoms with Crippen LogP contribution in [0.25, 0.3) is 0 Å². The van der Waals surface area contributed by atoms with Gasteiger partial charge in [-0.3, -0.25) is 4.79 Å². The summed E-state index contributed by atoms with van der Waals surface area (Å²) in [6.45, 7) is 0. The minimum atomic E-state index is -5.34. The number of benzene rings is 2. The minimum Gasteiger partial charge on any atom is -0.298 e. The van der Waals surface area contributed by atoms with Crippen LogP contribution in [-0.4, -0.2) is 18.1 Å². The van der Waals surface area contributed by atoms with E-state index in [9.17, 15) is 31.1 Å². The number of alkyl halides is 6. The van der Waals surface area contributed by atoms with Gasteiger partial charge in [0.1, 0.15) is 11.8 Å². The first kappa shape index (κ1) is 23.1. The Hall–Kier alpha value is -1.15. The SMILES string of the molecule is O=C(C(c1cc(Cl)cc(Cl)c1)C(F)(F)F)C(c1cc(Cl)cc(Cl)c1)C(F)(F)F. The highest BCUT2D eigenvalue weighted by molar-refractivity contribution is 6.35. The molecule has 0 spiro atoms. The Morgan fingerprint density at radius 2 is 0.857 bits per heavy atom. The average molecular weight is 484 g/mol. The van der Waals surface area contributed by atoms with Crippen LogP contribution in [0.15, 0.2) is 36.4 Å². The molecule has 152 valence electrons. The number of carbonyl (C=O) groups is 1. The number of ketones is 1. The summed E-state index contributed by atoms with van der Waals surface area (Å²) in [5.41, 5.74) is -1.62. The fourth-order valence-corrected chi connectivity index (χ4v) is 3.77. The number of hydrogen-bond donors (Lipinski definition) is 0. The predicted molar refractivity (Wildman–Crippen MR) is 95.5 cm³/mol. The van der Waals surface area contributed by atoms with Crippen molar-refractivity contribution < 1.29 is 31.1 Å². The number of hydrogen-bond acceptors (Lipinski definition) is 1. The lowest BCUT2D eigenvalue weighted by Gasteiger charge is -2.27. The molecule has 2 unspecified atom stereocenters. The highest BCUT2D eigenvalue weighted by Crippen LogP contribution is 2.46. The first-order valence-electron chi connectivity index (χ1n) is 7.29. The molecule has 0 aliphatic carbocycles. The molecule has 2 rings (SSSR count). The van der Waals surface area contributed by atoms with Gasteiger partial charge in [0.15, 0.2) is 5.78 Å². The summed E-state index contributed by atoms with van der Waals surface area (Å²) < 4.78 is 81.7. The van der Waals surface area contributed by atoms with E-state index < -0.39 is 41.1 Å². The molecule has 0 heterocycles. The number of rotatable bonds is 4. The lowest BCUT2D eigenvalue weighted by Crippen LogP contribution is -2.38. The molecular weight excluding hydrogens is 476 g/mol. The molecule has 0 aliphatic rings. The second-order valence-electron chi connectivity index (χ2n) is 5.76. The van der Waals surface area contributed by atoms with Crippen LogP contribution in [0.1, 0.15) is 23.0 Å². The van der Waals surface area contributed by atoms with E-state index in [1.807, 2.05) is 0 Å². The quantitative estimate of drug-likeness (QED) is 0.404. The van der Waals surface area contributed by atoms with Crippen LogP contribution >= 0.6 is 46.4 Å². The highest BCUT2D eigenvalue weighted by Gasteiger charge is 2.55. The van der Waals surface area contributed by atoms with Crippen LogP contribution in [-0.2, 0) is 4.79 Å². The third-order valence-corrected chi connectivity index (χ3v) is 4.53. The molecule has 1 nitrogen and oxygen atoms in total. The van der Waals surface area contributed by atoms with Gasteiger partial charge in [-0.15, -0.1) is 0 Å². The first-order valence-corrected chi connectivity index (χ1v) is 8.80. The molecule has 0 bridgehead atoms. The van der Waals surface area contributed by atoms with Crippen LogP contribution in [0.4, 0.5) is 26.3 Å². The normalized spacial score (nSPS) is 14.6. The Bertz CT molecular complexity index is 782. The van der Waals surface area contributed by atoms with Gasteiger partial charge in [0.2, 0.25) is 0 Å². The van der Waals surface area contributed by atoms with E-state index in [0.29, 0.717) is 0 Å². The molecule has 0 aliphatic heterocycles. The number of carbonyl (C=O) groups excluding carboxylic acids is 1. The Morgan fingerprint density at radius 1 is 0.607 bits per heavy atom. The van der Waals surface area contributed by atoms with Crippen molar-refractivity contribution in [2.45, 2.75) is 24.2 Å². The van der Waals surface area contributed by atoms with Crippen molar-refractivity contribution in [1.29, 1.82) is 0 Å². The standard InChI is InChI=1S/C17H8Cl4F6O/c18-9-1-7(2-10(19)5-9)13(16(22,23)24)15(28)14(17(25,26)27)8-3-11(20)6-12(21)4-8/h1-6,13-14H. The van der Waals surface area contributed by atoms with E-state index in [1.54, 1.807) is 0 Å². The van der Waals surface area contributed by atoms with Crippen LogP contribution in [0, 0.1) is 0 Å². The van der Waals surface area contributed by atoms with E-state index >= 15 is 0 Å². The van der Waals surface area contributed by atoms with E-state index in [1.165, 1.54) is 0 Å². The summed E-state index contributed by atoms with van der Waals surface area (Å²) in [4.78, 5) is 12.6. The van der Waals surface area contributed by atoms with Gasteiger partial charge in [0.05, 0.1) is 0 Å². The Labute approximate surface area is 175 Å². The Kier molecular flexibility index (Phi) is 6.86. The van der Waals surface area contributed by atoms with Crippen molar-refractivity contribution in [3.63, 3.8) is 0 Å². The molecule has 0 radical (unpaired) electrons. The monoisotopic (exact) mass is 482 g/mol. The van der Waals surface area contributed by atoms with E-state index in [-0.39, 0.29) is 20.1 Å². The van der Waals surface area contributed by atoms with Crippen molar-refractivity contribution >= 4 is 52.2 Å². The molecular formula is C17H8Cl4F6O. The maximum Gasteiger partial charge on any atom is 0.402 e. The molecule has 0 N–H and O–H groups in total. The summed E-state index contributed by atoms with van der Waals surface area (Å²) in [6, 6.07) is 5.12. The van der Waals surface area contributed by atoms with Gasteiger partial charge in [-0.25, -0.2) is 0 Å². The third kappa shape index (κ3) is 5.47. The number of halogens is 10. The molecule has 2 atom stereocenters. The van der Waals surface area contributed by atoms with Crippen molar-refractivity contribution in [1.82, 2.24) is 0 Å². The van der Waals surface area contributed by atoms with Gasteiger partial charge in [0.25, 0.3) is 0 Å². The molecule has 0 saturated heterocycles. The van der Waals surface area contributed by atoms with Gasteiger partial charge in [0, 0.05) is 20.1 Å². The molecule has 2 aromatic carbocycles. The third-order valence-electron chi connectivity index (χ3n) is 3.66. The zero-order valence-electron chi connectivity index (χ0n) is 13.3. The molecule has 11 heteroatoms. The van der Waals surface area contributed by atoms with Gasteiger partial charge >= 0.3 is 12.4 Å². The van der Waals surface area contributed by atoms with Crippen molar-refractivity contribution in [2.24, 2.45) is 0 Å². The molecule has 28 heavy (non-hydrogen) atoms. The average Bonchev–Trinajstić information content (AvgIpc) is 2.41. The molecule has 0 aromatic heterocycles.